The number of hydrogen-bond acceptors (Lipinski definition) is 5. The Bertz CT molecular complexity index is 282. The number of carbonyl (C=O) groups is 1. The fraction of sp³-hybridized carbons (Fsp3) is 0.929. The van der Waals surface area contributed by atoms with E-state index in [1.807, 2.05) is 6.66 Å². The summed E-state index contributed by atoms with van der Waals surface area (Å²) in [7, 11) is 2.04. The Kier molecular flexibility index (Phi) is 12.1. The number of aliphatic hydroxyl groups is 3. The molecule has 5 N–H and O–H groups in total. The maximum absolute atomic E-state index is 11.0. The summed E-state index contributed by atoms with van der Waals surface area (Å²) in [5.74, 6) is -0.187. The van der Waals surface area contributed by atoms with Crippen molar-refractivity contribution in [3.63, 3.8) is 0 Å². The summed E-state index contributed by atoms with van der Waals surface area (Å²) in [6, 6.07) is 0. The number of unbranched alkanes of at least 4 members (excludes halogenated alkanes) is 1. The summed E-state index contributed by atoms with van der Waals surface area (Å²) in [6.07, 6.45) is 0.882. The molecule has 5 atom stereocenters. The highest BCUT2D eigenvalue weighted by Gasteiger charge is 2.28. The van der Waals surface area contributed by atoms with Crippen molar-refractivity contribution in [1.29, 1.82) is 0 Å². The van der Waals surface area contributed by atoms with Gasteiger partial charge in [0, 0.05) is 38.2 Å². The Morgan fingerprint density at radius 1 is 1.29 bits per heavy atom. The van der Waals surface area contributed by atoms with Crippen LogP contribution < -0.4 is 10.6 Å². The van der Waals surface area contributed by atoms with Crippen molar-refractivity contribution in [3.05, 3.63) is 0 Å². The van der Waals surface area contributed by atoms with Crippen LogP contribution in [-0.4, -0.2) is 72.5 Å². The van der Waals surface area contributed by atoms with E-state index in [0.717, 1.165) is 19.4 Å². The molecule has 5 unspecified atom stereocenters. The van der Waals surface area contributed by atoms with Gasteiger partial charge in [-0.25, -0.2) is 0 Å². The number of hydrogen-bond donors (Lipinski definition) is 5. The standard InChI is InChI=1S/C14H31N2O4P/c1-10(9-17)13(20)14(21-3)11(18)8-16-7-5-4-6-12(19)15-2/h10-11,13-14,16-18,20-21H,4-9H2,1-3H3,(H,15,19). The molecule has 0 bridgehead atoms. The van der Waals surface area contributed by atoms with Gasteiger partial charge < -0.3 is 26.0 Å². The molecule has 0 spiro atoms. The first-order valence-electron chi connectivity index (χ1n) is 7.53. The van der Waals surface area contributed by atoms with Gasteiger partial charge in [-0.3, -0.25) is 4.79 Å². The SMILES string of the molecule is CNC(=O)CCCCNCC(O)C(PC)C(O)C(C)CO. The molecule has 0 heterocycles. The van der Waals surface area contributed by atoms with E-state index in [4.69, 9.17) is 5.11 Å². The summed E-state index contributed by atoms with van der Waals surface area (Å²) < 4.78 is 0. The van der Waals surface area contributed by atoms with Crippen LogP contribution in [0.15, 0.2) is 0 Å². The first-order valence-corrected chi connectivity index (χ1v) is 9.11. The lowest BCUT2D eigenvalue weighted by molar-refractivity contribution is -0.120. The van der Waals surface area contributed by atoms with Gasteiger partial charge in [-0.05, 0) is 26.1 Å². The highest BCUT2D eigenvalue weighted by molar-refractivity contribution is 7.38. The van der Waals surface area contributed by atoms with Crippen LogP contribution in [-0.2, 0) is 4.79 Å². The van der Waals surface area contributed by atoms with Gasteiger partial charge in [0.25, 0.3) is 0 Å². The van der Waals surface area contributed by atoms with Crippen molar-refractivity contribution >= 4 is 14.5 Å². The molecular weight excluding hydrogens is 291 g/mol. The highest BCUT2D eigenvalue weighted by atomic mass is 31.1. The molecule has 21 heavy (non-hydrogen) atoms. The molecule has 0 saturated heterocycles. The second-order valence-corrected chi connectivity index (χ2v) is 6.61. The molecule has 7 heteroatoms. The van der Waals surface area contributed by atoms with Crippen LogP contribution in [0.3, 0.4) is 0 Å². The van der Waals surface area contributed by atoms with E-state index in [0.29, 0.717) is 21.5 Å². The van der Waals surface area contributed by atoms with Crippen molar-refractivity contribution in [2.45, 2.75) is 44.1 Å². The maximum Gasteiger partial charge on any atom is 0.219 e. The zero-order valence-corrected chi connectivity index (χ0v) is 14.3. The predicted molar refractivity (Wildman–Crippen MR) is 87.1 cm³/mol. The second kappa shape index (κ2) is 12.3. The third-order valence-electron chi connectivity index (χ3n) is 3.63. The van der Waals surface area contributed by atoms with Crippen molar-refractivity contribution in [2.75, 3.05) is 33.4 Å². The maximum atomic E-state index is 11.0. The molecule has 0 saturated carbocycles. The molecule has 0 aliphatic heterocycles. The number of rotatable bonds is 12. The van der Waals surface area contributed by atoms with Crippen molar-refractivity contribution in [1.82, 2.24) is 10.6 Å². The Morgan fingerprint density at radius 2 is 1.95 bits per heavy atom. The van der Waals surface area contributed by atoms with Gasteiger partial charge in [0.05, 0.1) is 12.2 Å². The first kappa shape index (κ1) is 20.7. The molecular formula is C14H31N2O4P. The number of aliphatic hydroxyl groups excluding tert-OH is 3. The predicted octanol–water partition coefficient (Wildman–Crippen LogP) is -0.481. The van der Waals surface area contributed by atoms with E-state index in [-0.39, 0.29) is 24.1 Å². The van der Waals surface area contributed by atoms with Gasteiger partial charge in [-0.1, -0.05) is 6.92 Å². The van der Waals surface area contributed by atoms with Crippen LogP contribution in [0.25, 0.3) is 0 Å². The quantitative estimate of drug-likeness (QED) is 0.247. The second-order valence-electron chi connectivity index (χ2n) is 5.37. The summed E-state index contributed by atoms with van der Waals surface area (Å²) in [5.41, 5.74) is -0.217. The summed E-state index contributed by atoms with van der Waals surface area (Å²) >= 11 is 0. The van der Waals surface area contributed by atoms with Crippen LogP contribution in [0.2, 0.25) is 0 Å². The van der Waals surface area contributed by atoms with Crippen LogP contribution in [0.5, 0.6) is 0 Å². The first-order chi connectivity index (χ1) is 9.97. The zero-order valence-electron chi connectivity index (χ0n) is 13.3. The Labute approximate surface area is 129 Å². The van der Waals surface area contributed by atoms with E-state index in [9.17, 15) is 15.0 Å². The average molecular weight is 322 g/mol. The van der Waals surface area contributed by atoms with Gasteiger partial charge in [0.2, 0.25) is 5.91 Å². The van der Waals surface area contributed by atoms with Gasteiger partial charge in [0.1, 0.15) is 0 Å². The third-order valence-corrected chi connectivity index (χ3v) is 5.02. The van der Waals surface area contributed by atoms with E-state index < -0.39 is 12.2 Å². The molecule has 0 aromatic heterocycles. The third kappa shape index (κ3) is 8.69. The smallest absolute Gasteiger partial charge is 0.219 e. The molecule has 0 radical (unpaired) electrons. The zero-order chi connectivity index (χ0) is 16.3. The lowest BCUT2D eigenvalue weighted by atomic mass is 9.99. The fourth-order valence-corrected chi connectivity index (χ4v) is 3.26. The number of carbonyl (C=O) groups excluding carboxylic acids is 1. The summed E-state index contributed by atoms with van der Waals surface area (Å²) in [6.45, 7) is 4.79. The summed E-state index contributed by atoms with van der Waals surface area (Å²) in [4.78, 5) is 11.0. The molecule has 1 amide bonds. The highest BCUT2D eigenvalue weighted by Crippen LogP contribution is 2.25. The topological polar surface area (TPSA) is 102 Å². The van der Waals surface area contributed by atoms with E-state index in [1.165, 1.54) is 0 Å². The minimum atomic E-state index is -0.691. The Hall–Kier alpha value is -0.260. The molecule has 0 aliphatic rings. The van der Waals surface area contributed by atoms with Crippen LogP contribution in [0.4, 0.5) is 0 Å². The van der Waals surface area contributed by atoms with Crippen LogP contribution in [0.1, 0.15) is 26.2 Å². The molecule has 0 aromatic rings. The Morgan fingerprint density at radius 3 is 2.48 bits per heavy atom. The van der Waals surface area contributed by atoms with Gasteiger partial charge in [0.15, 0.2) is 0 Å². The van der Waals surface area contributed by atoms with Crippen molar-refractivity contribution in [2.24, 2.45) is 5.92 Å². The normalized spacial score (nSPS) is 17.6. The van der Waals surface area contributed by atoms with Crippen LogP contribution >= 0.6 is 8.58 Å². The van der Waals surface area contributed by atoms with Crippen molar-refractivity contribution < 1.29 is 20.1 Å². The van der Waals surface area contributed by atoms with E-state index in [2.05, 4.69) is 10.6 Å². The fourth-order valence-electron chi connectivity index (χ4n) is 2.09. The largest absolute Gasteiger partial charge is 0.396 e. The molecule has 0 aromatic carbocycles. The van der Waals surface area contributed by atoms with Crippen molar-refractivity contribution in [3.8, 4) is 0 Å². The number of amides is 1. The monoisotopic (exact) mass is 322 g/mol. The van der Waals surface area contributed by atoms with Crippen LogP contribution in [0, 0.1) is 5.92 Å². The summed E-state index contributed by atoms with van der Waals surface area (Å²) in [5, 5.41) is 35.1. The molecule has 0 fully saturated rings. The molecule has 0 aliphatic carbocycles. The Balaban J connectivity index is 3.89. The molecule has 6 nitrogen and oxygen atoms in total. The number of nitrogens with one attached hydrogen (secondary N) is 2. The average Bonchev–Trinajstić information content (AvgIpc) is 2.49. The minimum Gasteiger partial charge on any atom is -0.396 e. The van der Waals surface area contributed by atoms with E-state index in [1.54, 1.807) is 14.0 Å². The van der Waals surface area contributed by atoms with Gasteiger partial charge in [-0.15, -0.1) is 8.58 Å². The molecule has 126 valence electrons. The lowest BCUT2D eigenvalue weighted by Gasteiger charge is -2.30. The molecule has 0 rings (SSSR count). The minimum absolute atomic E-state index is 0.0448. The van der Waals surface area contributed by atoms with Gasteiger partial charge in [-0.2, -0.15) is 0 Å². The van der Waals surface area contributed by atoms with Gasteiger partial charge >= 0.3 is 0 Å². The van der Waals surface area contributed by atoms with E-state index >= 15 is 0 Å². The lowest BCUT2D eigenvalue weighted by Crippen LogP contribution is -2.44.